The van der Waals surface area contributed by atoms with E-state index in [-0.39, 0.29) is 45.7 Å². The number of ketones is 2. The van der Waals surface area contributed by atoms with Gasteiger partial charge in [-0.1, -0.05) is 84.9 Å². The molecular weight excluding hydrogens is 592 g/mol. The van der Waals surface area contributed by atoms with Crippen molar-refractivity contribution >= 4 is 11.6 Å². The van der Waals surface area contributed by atoms with E-state index >= 15 is 0 Å². The molecule has 0 aliphatic rings. The van der Waals surface area contributed by atoms with E-state index in [1.165, 1.54) is 24.3 Å². The third-order valence-corrected chi connectivity index (χ3v) is 7.83. The van der Waals surface area contributed by atoms with Crippen LogP contribution in [0.4, 0.5) is 0 Å². The molecule has 6 rings (SSSR count). The molecular formula is C40H30O7. The molecule has 0 bridgehead atoms. The molecule has 0 spiro atoms. The Morgan fingerprint density at radius 3 is 1.17 bits per heavy atom. The number of carbonyl (C=O) groups is 2. The fourth-order valence-electron chi connectivity index (χ4n) is 5.31. The molecule has 6 aromatic rings. The number of rotatable bonds is 10. The molecule has 0 amide bonds. The van der Waals surface area contributed by atoms with Crippen LogP contribution in [-0.2, 0) is 12.8 Å². The lowest BCUT2D eigenvalue weighted by Crippen LogP contribution is -2.03. The predicted octanol–water partition coefficient (Wildman–Crippen LogP) is 7.94. The second-order valence-electron chi connectivity index (χ2n) is 11.1. The van der Waals surface area contributed by atoms with E-state index in [0.717, 1.165) is 11.1 Å². The van der Waals surface area contributed by atoms with Crippen molar-refractivity contribution in [2.24, 2.45) is 0 Å². The van der Waals surface area contributed by atoms with Gasteiger partial charge in [0.1, 0.15) is 34.5 Å². The lowest BCUT2D eigenvalue weighted by molar-refractivity contribution is 0.102. The second-order valence-corrected chi connectivity index (χ2v) is 11.1. The van der Waals surface area contributed by atoms with Crippen LogP contribution >= 0.6 is 0 Å². The van der Waals surface area contributed by atoms with Gasteiger partial charge in [0.2, 0.25) is 0 Å². The zero-order chi connectivity index (χ0) is 32.9. The van der Waals surface area contributed by atoms with Crippen LogP contribution in [0.3, 0.4) is 0 Å². The summed E-state index contributed by atoms with van der Waals surface area (Å²) >= 11 is 0. The summed E-state index contributed by atoms with van der Waals surface area (Å²) in [5.41, 5.74) is 3.86. The fourth-order valence-corrected chi connectivity index (χ4v) is 5.31. The molecule has 47 heavy (non-hydrogen) atoms. The molecule has 0 saturated heterocycles. The molecule has 0 aliphatic carbocycles. The molecule has 0 saturated carbocycles. The van der Waals surface area contributed by atoms with Gasteiger partial charge in [0.15, 0.2) is 11.6 Å². The molecule has 232 valence electrons. The highest BCUT2D eigenvalue weighted by atomic mass is 16.5. The van der Waals surface area contributed by atoms with Gasteiger partial charge < -0.3 is 25.2 Å². The van der Waals surface area contributed by atoms with Crippen molar-refractivity contribution in [3.63, 3.8) is 0 Å². The zero-order valence-electron chi connectivity index (χ0n) is 25.1. The molecule has 0 unspecified atom stereocenters. The number of phenolic OH excluding ortho intramolecular Hbond substituents is 4. The van der Waals surface area contributed by atoms with Crippen LogP contribution in [0.1, 0.15) is 54.1 Å². The van der Waals surface area contributed by atoms with Crippen LogP contribution in [-0.4, -0.2) is 32.0 Å². The molecule has 0 atom stereocenters. The summed E-state index contributed by atoms with van der Waals surface area (Å²) in [6.45, 7) is 0. The molecule has 0 fully saturated rings. The van der Waals surface area contributed by atoms with Gasteiger partial charge in [-0.2, -0.15) is 0 Å². The van der Waals surface area contributed by atoms with E-state index in [1.807, 2.05) is 24.3 Å². The van der Waals surface area contributed by atoms with Crippen LogP contribution < -0.4 is 4.74 Å². The van der Waals surface area contributed by atoms with Gasteiger partial charge in [-0.3, -0.25) is 9.59 Å². The zero-order valence-corrected chi connectivity index (χ0v) is 25.1. The number of phenols is 4. The van der Waals surface area contributed by atoms with Crippen LogP contribution in [0.15, 0.2) is 133 Å². The first-order valence-corrected chi connectivity index (χ1v) is 14.9. The fraction of sp³-hybridized carbons (Fsp3) is 0.0500. The Balaban J connectivity index is 1.11. The Hall–Kier alpha value is -6.34. The van der Waals surface area contributed by atoms with Gasteiger partial charge in [-0.15, -0.1) is 0 Å². The number of aromatic hydroxyl groups is 4. The lowest BCUT2D eigenvalue weighted by Gasteiger charge is -2.12. The summed E-state index contributed by atoms with van der Waals surface area (Å²) in [6.07, 6.45) is 0.665. The maximum atomic E-state index is 12.9. The highest BCUT2D eigenvalue weighted by molar-refractivity contribution is 6.11. The Labute approximate surface area is 271 Å². The van der Waals surface area contributed by atoms with E-state index in [1.54, 1.807) is 84.9 Å². The minimum atomic E-state index is -0.332. The Morgan fingerprint density at radius 1 is 0.447 bits per heavy atom. The topological polar surface area (TPSA) is 124 Å². The smallest absolute Gasteiger partial charge is 0.196 e. The molecule has 4 N–H and O–H groups in total. The van der Waals surface area contributed by atoms with Gasteiger partial charge in [0.05, 0.1) is 11.1 Å². The minimum absolute atomic E-state index is 0.104. The van der Waals surface area contributed by atoms with E-state index in [4.69, 9.17) is 4.74 Å². The standard InChI is InChI=1S/C40H30O7/c41-35-23-37(43)33(39(45)27-7-3-1-4-8-27)21-29(35)19-25-11-15-31(16-12-25)47-32-17-13-26(14-18-32)20-30-22-34(38(44)24-36(30)42)40(46)28-9-5-2-6-10-28/h1-18,21-24,41-44H,19-20H2. The monoisotopic (exact) mass is 622 g/mol. The van der Waals surface area contributed by atoms with Gasteiger partial charge in [-0.05, 0) is 58.7 Å². The van der Waals surface area contributed by atoms with Crippen molar-refractivity contribution in [2.45, 2.75) is 12.8 Å². The average molecular weight is 623 g/mol. The molecule has 6 aromatic carbocycles. The summed E-state index contributed by atoms with van der Waals surface area (Å²) in [5, 5.41) is 41.6. The van der Waals surface area contributed by atoms with Crippen molar-refractivity contribution in [2.75, 3.05) is 0 Å². The first-order chi connectivity index (χ1) is 22.7. The Bertz CT molecular complexity index is 1900. The van der Waals surface area contributed by atoms with Crippen LogP contribution in [0, 0.1) is 0 Å². The van der Waals surface area contributed by atoms with E-state index < -0.39 is 0 Å². The highest BCUT2D eigenvalue weighted by Crippen LogP contribution is 2.33. The molecule has 7 heteroatoms. The van der Waals surface area contributed by atoms with Crippen LogP contribution in [0.5, 0.6) is 34.5 Å². The van der Waals surface area contributed by atoms with Gasteiger partial charge in [-0.25, -0.2) is 0 Å². The van der Waals surface area contributed by atoms with Gasteiger partial charge in [0, 0.05) is 36.1 Å². The third-order valence-electron chi connectivity index (χ3n) is 7.83. The molecule has 0 aliphatic heterocycles. The number of carbonyl (C=O) groups excluding carboxylic acids is 2. The second kappa shape index (κ2) is 13.3. The Morgan fingerprint density at radius 2 is 0.809 bits per heavy atom. The van der Waals surface area contributed by atoms with Crippen molar-refractivity contribution in [3.8, 4) is 34.5 Å². The van der Waals surface area contributed by atoms with Gasteiger partial charge >= 0.3 is 0 Å². The Kier molecular flexibility index (Phi) is 8.71. The largest absolute Gasteiger partial charge is 0.508 e. The van der Waals surface area contributed by atoms with Crippen molar-refractivity contribution in [3.05, 3.63) is 178 Å². The number of hydrogen-bond donors (Lipinski definition) is 4. The summed E-state index contributed by atoms with van der Waals surface area (Å²) in [5.74, 6) is -0.244. The maximum absolute atomic E-state index is 12.9. The predicted molar refractivity (Wildman–Crippen MR) is 178 cm³/mol. The van der Waals surface area contributed by atoms with Crippen molar-refractivity contribution in [1.82, 2.24) is 0 Å². The summed E-state index contributed by atoms with van der Waals surface area (Å²) in [7, 11) is 0. The first-order valence-electron chi connectivity index (χ1n) is 14.9. The van der Waals surface area contributed by atoms with Crippen LogP contribution in [0.25, 0.3) is 0 Å². The van der Waals surface area contributed by atoms with Crippen molar-refractivity contribution in [1.29, 1.82) is 0 Å². The summed E-state index contributed by atoms with van der Waals surface area (Å²) < 4.78 is 6.01. The quantitative estimate of drug-likeness (QED) is 0.114. The van der Waals surface area contributed by atoms with Gasteiger partial charge in [0.25, 0.3) is 0 Å². The third kappa shape index (κ3) is 7.00. The SMILES string of the molecule is O=C(c1ccccc1)c1cc(Cc2ccc(Oc3ccc(Cc4cc(C(=O)c5ccccc5)c(O)cc4O)cc3)cc2)c(O)cc1O. The molecule has 0 aromatic heterocycles. The summed E-state index contributed by atoms with van der Waals surface area (Å²) in [4.78, 5) is 25.9. The minimum Gasteiger partial charge on any atom is -0.508 e. The van der Waals surface area contributed by atoms with Crippen LogP contribution in [0.2, 0.25) is 0 Å². The number of ether oxygens (including phenoxy) is 1. The highest BCUT2D eigenvalue weighted by Gasteiger charge is 2.18. The van der Waals surface area contributed by atoms with E-state index in [9.17, 15) is 30.0 Å². The normalized spacial score (nSPS) is 10.8. The first kappa shape index (κ1) is 30.7. The van der Waals surface area contributed by atoms with E-state index in [2.05, 4.69) is 0 Å². The van der Waals surface area contributed by atoms with Crippen molar-refractivity contribution < 1.29 is 34.8 Å². The molecule has 7 nitrogen and oxygen atoms in total. The number of benzene rings is 6. The average Bonchev–Trinajstić information content (AvgIpc) is 3.09. The molecule has 0 heterocycles. The molecule has 0 radical (unpaired) electrons. The summed E-state index contributed by atoms with van der Waals surface area (Å²) in [6, 6.07) is 37.4. The number of hydrogen-bond acceptors (Lipinski definition) is 7. The van der Waals surface area contributed by atoms with E-state index in [0.29, 0.717) is 46.6 Å². The lowest BCUT2D eigenvalue weighted by atomic mass is 9.96. The maximum Gasteiger partial charge on any atom is 0.196 e.